The van der Waals surface area contributed by atoms with Crippen LogP contribution in [0.4, 0.5) is 8.78 Å². The lowest BCUT2D eigenvalue weighted by molar-refractivity contribution is -0.0512. The van der Waals surface area contributed by atoms with Gasteiger partial charge in [-0.2, -0.15) is 8.78 Å². The summed E-state index contributed by atoms with van der Waals surface area (Å²) in [6, 6.07) is 5.06. The second kappa shape index (κ2) is 12.2. The number of guanidine groups is 1. The summed E-state index contributed by atoms with van der Waals surface area (Å²) in [5.41, 5.74) is 0.878. The monoisotopic (exact) mass is 499 g/mol. The van der Waals surface area contributed by atoms with Crippen molar-refractivity contribution in [1.29, 1.82) is 0 Å². The van der Waals surface area contributed by atoms with Crippen LogP contribution in [0.5, 0.6) is 11.5 Å². The van der Waals surface area contributed by atoms with Crippen LogP contribution in [0.1, 0.15) is 12.0 Å². The lowest BCUT2D eigenvalue weighted by atomic mass is 10.1. The Labute approximate surface area is 176 Å². The molecule has 2 rings (SSSR count). The van der Waals surface area contributed by atoms with Crippen molar-refractivity contribution in [3.63, 3.8) is 0 Å². The summed E-state index contributed by atoms with van der Waals surface area (Å²) >= 11 is 0. The first-order chi connectivity index (χ1) is 12.6. The molecule has 1 saturated heterocycles. The van der Waals surface area contributed by atoms with Crippen LogP contribution in [0.15, 0.2) is 23.2 Å². The molecule has 1 unspecified atom stereocenters. The highest BCUT2D eigenvalue weighted by Crippen LogP contribution is 2.29. The third kappa shape index (κ3) is 7.28. The predicted molar refractivity (Wildman–Crippen MR) is 112 cm³/mol. The highest BCUT2D eigenvalue weighted by atomic mass is 127. The molecule has 1 aromatic carbocycles. The number of hydrogen-bond acceptors (Lipinski definition) is 4. The highest BCUT2D eigenvalue weighted by Gasteiger charge is 2.24. The Hall–Kier alpha value is -1.36. The van der Waals surface area contributed by atoms with E-state index in [4.69, 9.17) is 9.47 Å². The van der Waals surface area contributed by atoms with Gasteiger partial charge in [-0.15, -0.1) is 24.0 Å². The average Bonchev–Trinajstić information content (AvgIpc) is 3.07. The molecule has 1 fully saturated rings. The van der Waals surface area contributed by atoms with Gasteiger partial charge in [-0.05, 0) is 30.5 Å². The molecule has 1 aromatic rings. The van der Waals surface area contributed by atoms with Crippen LogP contribution in [0.2, 0.25) is 0 Å². The third-order valence-electron chi connectivity index (χ3n) is 4.34. The number of alkyl halides is 2. The Balaban J connectivity index is 0.00000364. The maximum atomic E-state index is 12.5. The zero-order chi connectivity index (χ0) is 18.9. The summed E-state index contributed by atoms with van der Waals surface area (Å²) in [7, 11) is 4.90. The van der Waals surface area contributed by atoms with E-state index in [1.54, 1.807) is 26.3 Å². The molecule has 0 aromatic heterocycles. The minimum atomic E-state index is -2.88. The second-order valence-electron chi connectivity index (χ2n) is 6.14. The number of aliphatic imine (C=N–C) groups is 1. The first kappa shape index (κ1) is 23.7. The maximum Gasteiger partial charge on any atom is 0.387 e. The second-order valence-corrected chi connectivity index (χ2v) is 6.14. The molecule has 27 heavy (non-hydrogen) atoms. The van der Waals surface area contributed by atoms with Gasteiger partial charge in [0.2, 0.25) is 0 Å². The zero-order valence-corrected chi connectivity index (χ0v) is 18.2. The van der Waals surface area contributed by atoms with Crippen LogP contribution < -0.4 is 14.8 Å². The molecule has 0 spiro atoms. The van der Waals surface area contributed by atoms with E-state index in [-0.39, 0.29) is 29.7 Å². The first-order valence-electron chi connectivity index (χ1n) is 8.63. The molecule has 1 atom stereocenters. The van der Waals surface area contributed by atoms with Gasteiger partial charge in [0.25, 0.3) is 0 Å². The smallest absolute Gasteiger partial charge is 0.387 e. The van der Waals surface area contributed by atoms with E-state index < -0.39 is 6.61 Å². The standard InChI is InChI=1S/C18H27F2N3O3.HI/c1-21-18(23-9-7-14(11-23)12-24-2)22-8-6-13-4-5-15(25-3)16(10-13)26-17(19)20;/h4-5,10,14,17H,6-9,11-12H2,1-3H3,(H,21,22);1H. The number of likely N-dealkylation sites (tertiary alicyclic amines) is 1. The van der Waals surface area contributed by atoms with Crippen molar-refractivity contribution in [2.75, 3.05) is 47.5 Å². The van der Waals surface area contributed by atoms with Crippen LogP contribution in [0, 0.1) is 5.92 Å². The molecule has 154 valence electrons. The zero-order valence-electron chi connectivity index (χ0n) is 15.9. The van der Waals surface area contributed by atoms with Crippen LogP contribution in [0.3, 0.4) is 0 Å². The average molecular weight is 499 g/mol. The summed E-state index contributed by atoms with van der Waals surface area (Å²) in [5.74, 6) is 1.71. The largest absolute Gasteiger partial charge is 0.493 e. The number of benzene rings is 1. The number of rotatable bonds is 8. The molecule has 0 amide bonds. The summed E-state index contributed by atoms with van der Waals surface area (Å²) in [6.45, 7) is 0.377. The lowest BCUT2D eigenvalue weighted by Crippen LogP contribution is -2.41. The lowest BCUT2D eigenvalue weighted by Gasteiger charge is -2.21. The Bertz CT molecular complexity index is 605. The van der Waals surface area contributed by atoms with Crippen LogP contribution in [0.25, 0.3) is 0 Å². The molecule has 1 heterocycles. The van der Waals surface area contributed by atoms with E-state index in [2.05, 4.69) is 19.9 Å². The summed E-state index contributed by atoms with van der Waals surface area (Å²) < 4.78 is 39.8. The van der Waals surface area contributed by atoms with E-state index >= 15 is 0 Å². The van der Waals surface area contributed by atoms with Gasteiger partial charge in [0.15, 0.2) is 17.5 Å². The quantitative estimate of drug-likeness (QED) is 0.339. The van der Waals surface area contributed by atoms with Gasteiger partial charge in [-0.25, -0.2) is 0 Å². The number of methoxy groups -OCH3 is 2. The topological polar surface area (TPSA) is 55.3 Å². The highest BCUT2D eigenvalue weighted by molar-refractivity contribution is 14.0. The Kier molecular flexibility index (Phi) is 10.7. The van der Waals surface area contributed by atoms with Gasteiger partial charge in [0.05, 0.1) is 13.7 Å². The fraction of sp³-hybridized carbons (Fsp3) is 0.611. The van der Waals surface area contributed by atoms with Crippen molar-refractivity contribution < 1.29 is 23.0 Å². The molecule has 1 aliphatic heterocycles. The van der Waals surface area contributed by atoms with Crippen molar-refractivity contribution in [2.24, 2.45) is 10.9 Å². The molecule has 6 nitrogen and oxygen atoms in total. The molecular formula is C18H28F2IN3O3. The maximum absolute atomic E-state index is 12.5. The van der Waals surface area contributed by atoms with Gasteiger partial charge in [0, 0.05) is 39.7 Å². The van der Waals surface area contributed by atoms with Gasteiger partial charge >= 0.3 is 6.61 Å². The van der Waals surface area contributed by atoms with Gasteiger partial charge in [0.1, 0.15) is 0 Å². The van der Waals surface area contributed by atoms with Crippen molar-refractivity contribution >= 4 is 29.9 Å². The molecule has 1 N–H and O–H groups in total. The summed E-state index contributed by atoms with van der Waals surface area (Å²) in [5, 5.41) is 3.33. The van der Waals surface area contributed by atoms with Crippen LogP contribution in [-0.4, -0.2) is 65.0 Å². The SMILES string of the molecule is CN=C(NCCc1ccc(OC)c(OC(F)F)c1)N1CCC(COC)C1.I. The van der Waals surface area contributed by atoms with Crippen LogP contribution >= 0.6 is 24.0 Å². The Morgan fingerprint density at radius 2 is 2.11 bits per heavy atom. The van der Waals surface area contributed by atoms with Crippen molar-refractivity contribution in [1.82, 2.24) is 10.2 Å². The molecule has 9 heteroatoms. The minimum Gasteiger partial charge on any atom is -0.493 e. The fourth-order valence-corrected chi connectivity index (χ4v) is 3.11. The Morgan fingerprint density at radius 1 is 1.33 bits per heavy atom. The molecule has 0 radical (unpaired) electrons. The van der Waals surface area contributed by atoms with E-state index in [1.807, 2.05) is 6.07 Å². The molecule has 0 bridgehead atoms. The fourth-order valence-electron chi connectivity index (χ4n) is 3.11. The first-order valence-corrected chi connectivity index (χ1v) is 8.63. The number of hydrogen-bond donors (Lipinski definition) is 1. The number of nitrogens with zero attached hydrogens (tertiary/aromatic N) is 2. The van der Waals surface area contributed by atoms with Gasteiger partial charge < -0.3 is 24.4 Å². The number of halogens is 3. The Morgan fingerprint density at radius 3 is 2.74 bits per heavy atom. The molecule has 0 saturated carbocycles. The van der Waals surface area contributed by atoms with Crippen molar-refractivity contribution in [3.8, 4) is 11.5 Å². The number of ether oxygens (including phenoxy) is 3. The summed E-state index contributed by atoms with van der Waals surface area (Å²) in [4.78, 5) is 6.54. The van der Waals surface area contributed by atoms with E-state index in [0.717, 1.165) is 37.6 Å². The van der Waals surface area contributed by atoms with Gasteiger partial charge in [-0.1, -0.05) is 6.07 Å². The van der Waals surface area contributed by atoms with E-state index in [0.29, 0.717) is 24.6 Å². The van der Waals surface area contributed by atoms with Crippen LogP contribution in [-0.2, 0) is 11.2 Å². The molecular weight excluding hydrogens is 471 g/mol. The molecule has 0 aliphatic carbocycles. The van der Waals surface area contributed by atoms with Gasteiger partial charge in [-0.3, -0.25) is 4.99 Å². The normalized spacial score (nSPS) is 17.0. The van der Waals surface area contributed by atoms with E-state index in [9.17, 15) is 8.78 Å². The van der Waals surface area contributed by atoms with Crippen molar-refractivity contribution in [2.45, 2.75) is 19.5 Å². The predicted octanol–water partition coefficient (Wildman–Crippen LogP) is 3.00. The minimum absolute atomic E-state index is 0. The van der Waals surface area contributed by atoms with E-state index in [1.165, 1.54) is 7.11 Å². The number of nitrogens with one attached hydrogen (secondary N) is 1. The third-order valence-corrected chi connectivity index (χ3v) is 4.34. The van der Waals surface area contributed by atoms with Crippen molar-refractivity contribution in [3.05, 3.63) is 23.8 Å². The molecule has 1 aliphatic rings. The summed E-state index contributed by atoms with van der Waals surface area (Å²) in [6.07, 6.45) is 1.74.